The van der Waals surface area contributed by atoms with E-state index in [4.69, 9.17) is 29.6 Å². The van der Waals surface area contributed by atoms with Gasteiger partial charge in [-0.1, -0.05) is 43.1 Å². The summed E-state index contributed by atoms with van der Waals surface area (Å²) in [6.07, 6.45) is 5.73. The molecule has 1 unspecified atom stereocenters. The Labute approximate surface area is 149 Å². The van der Waals surface area contributed by atoms with Gasteiger partial charge in [-0.15, -0.1) is 0 Å². The van der Waals surface area contributed by atoms with Gasteiger partial charge in [-0.3, -0.25) is 4.79 Å². The van der Waals surface area contributed by atoms with Crippen molar-refractivity contribution in [3.05, 3.63) is 32.4 Å². The molecule has 1 fully saturated rings. The second-order valence-corrected chi connectivity index (χ2v) is 7.45. The number of hydrogen-bond acceptors (Lipinski definition) is 2. The van der Waals surface area contributed by atoms with Crippen molar-refractivity contribution < 1.29 is 4.79 Å². The van der Waals surface area contributed by atoms with E-state index in [2.05, 4.69) is 27.9 Å². The van der Waals surface area contributed by atoms with Crippen LogP contribution in [0.2, 0.25) is 5.02 Å². The van der Waals surface area contributed by atoms with E-state index in [1.165, 1.54) is 19.3 Å². The molecule has 0 heterocycles. The highest BCUT2D eigenvalue weighted by Crippen LogP contribution is 2.27. The molecule has 1 amide bonds. The number of nitrogens with one attached hydrogen (secondary N) is 1. The molecule has 6 heteroatoms. The van der Waals surface area contributed by atoms with Crippen molar-refractivity contribution in [1.29, 1.82) is 0 Å². The van der Waals surface area contributed by atoms with Gasteiger partial charge in [0.15, 0.2) is 0 Å². The lowest BCUT2D eigenvalue weighted by molar-refractivity contribution is 0.0931. The average Bonchev–Trinajstić information content (AvgIpc) is 2.47. The fraction of sp³-hybridized carbons (Fsp3) is 0.467. The molecule has 1 aromatic carbocycles. The molecule has 3 N–H and O–H groups in total. The molecule has 114 valence electrons. The van der Waals surface area contributed by atoms with Crippen LogP contribution in [0.4, 0.5) is 0 Å². The Hall–Kier alpha value is -0.400. The Kier molecular flexibility index (Phi) is 6.25. The summed E-state index contributed by atoms with van der Waals surface area (Å²) in [6, 6.07) is 5.04. The van der Waals surface area contributed by atoms with Gasteiger partial charge in [0.1, 0.15) is 0 Å². The molecule has 2 rings (SSSR count). The summed E-state index contributed by atoms with van der Waals surface area (Å²) in [5.41, 5.74) is 6.42. The maximum atomic E-state index is 12.5. The molecule has 0 radical (unpaired) electrons. The quantitative estimate of drug-likeness (QED) is 0.556. The summed E-state index contributed by atoms with van der Waals surface area (Å²) in [4.78, 5) is 12.9. The second-order valence-electron chi connectivity index (χ2n) is 5.38. The van der Waals surface area contributed by atoms with Crippen molar-refractivity contribution in [3.8, 4) is 0 Å². The summed E-state index contributed by atoms with van der Waals surface area (Å²) in [6.45, 7) is 0. The summed E-state index contributed by atoms with van der Waals surface area (Å²) in [5.74, 6) is 0.183. The van der Waals surface area contributed by atoms with Gasteiger partial charge in [-0.05, 0) is 59.5 Å². The van der Waals surface area contributed by atoms with E-state index in [1.54, 1.807) is 12.1 Å². The van der Waals surface area contributed by atoms with Gasteiger partial charge in [0.2, 0.25) is 0 Å². The van der Waals surface area contributed by atoms with Crippen LogP contribution in [0.15, 0.2) is 18.2 Å². The van der Waals surface area contributed by atoms with Gasteiger partial charge in [0.05, 0.1) is 16.6 Å². The molecule has 1 aromatic rings. The third-order valence-corrected chi connectivity index (χ3v) is 5.32. The standard InChI is InChI=1S/C15H18ClIN2OS/c16-10-6-7-12(17)11(8-10)15(20)19-13(14(18)21)9-4-2-1-3-5-9/h6-9,13H,1-5H2,(H2,18,21)(H,19,20). The van der Waals surface area contributed by atoms with Crippen LogP contribution in [0.5, 0.6) is 0 Å². The minimum Gasteiger partial charge on any atom is -0.392 e. The van der Waals surface area contributed by atoms with Crippen molar-refractivity contribution >= 4 is 57.3 Å². The van der Waals surface area contributed by atoms with E-state index in [9.17, 15) is 4.79 Å². The van der Waals surface area contributed by atoms with E-state index >= 15 is 0 Å². The lowest BCUT2D eigenvalue weighted by Crippen LogP contribution is -2.49. The van der Waals surface area contributed by atoms with Crippen LogP contribution in [-0.4, -0.2) is 16.9 Å². The number of carbonyl (C=O) groups is 1. The fourth-order valence-electron chi connectivity index (χ4n) is 2.78. The Morgan fingerprint density at radius 2 is 2.05 bits per heavy atom. The molecule has 0 spiro atoms. The predicted molar refractivity (Wildman–Crippen MR) is 98.8 cm³/mol. The summed E-state index contributed by atoms with van der Waals surface area (Å²) in [5, 5.41) is 3.55. The zero-order chi connectivity index (χ0) is 15.4. The maximum absolute atomic E-state index is 12.5. The molecular weight excluding hydrogens is 419 g/mol. The normalized spacial score (nSPS) is 17.2. The second kappa shape index (κ2) is 7.74. The van der Waals surface area contributed by atoms with Crippen LogP contribution >= 0.6 is 46.4 Å². The predicted octanol–water partition coefficient (Wildman–Crippen LogP) is 3.91. The molecule has 1 aliphatic carbocycles. The van der Waals surface area contributed by atoms with E-state index < -0.39 is 0 Å². The first kappa shape index (κ1) is 17.0. The fourth-order valence-corrected chi connectivity index (χ4v) is 3.78. The van der Waals surface area contributed by atoms with Crippen LogP contribution in [-0.2, 0) is 0 Å². The molecule has 21 heavy (non-hydrogen) atoms. The van der Waals surface area contributed by atoms with Crippen LogP contribution in [0.25, 0.3) is 0 Å². The van der Waals surface area contributed by atoms with Crippen LogP contribution in [0.3, 0.4) is 0 Å². The van der Waals surface area contributed by atoms with Gasteiger partial charge in [-0.2, -0.15) is 0 Å². The molecule has 3 nitrogen and oxygen atoms in total. The monoisotopic (exact) mass is 436 g/mol. The van der Waals surface area contributed by atoms with Crippen molar-refractivity contribution in [1.82, 2.24) is 5.32 Å². The SMILES string of the molecule is NC(=S)C(NC(=O)c1cc(Cl)ccc1I)C1CCCCC1. The molecule has 0 aromatic heterocycles. The van der Waals surface area contributed by atoms with Gasteiger partial charge in [0, 0.05) is 8.59 Å². The number of nitrogens with two attached hydrogens (primary N) is 1. The highest BCUT2D eigenvalue weighted by atomic mass is 127. The molecule has 0 aliphatic heterocycles. The molecule has 1 aliphatic rings. The molecular formula is C15H18ClIN2OS. The highest BCUT2D eigenvalue weighted by molar-refractivity contribution is 14.1. The number of benzene rings is 1. The zero-order valence-corrected chi connectivity index (χ0v) is 15.3. The number of halogens is 2. The molecule has 1 saturated carbocycles. The van der Waals surface area contributed by atoms with Crippen molar-refractivity contribution in [2.75, 3.05) is 0 Å². The summed E-state index contributed by atoms with van der Waals surface area (Å²) < 4.78 is 0.861. The topological polar surface area (TPSA) is 55.1 Å². The zero-order valence-electron chi connectivity index (χ0n) is 11.6. The van der Waals surface area contributed by atoms with E-state index in [0.717, 1.165) is 16.4 Å². The van der Waals surface area contributed by atoms with Gasteiger partial charge < -0.3 is 11.1 Å². The number of amides is 1. The first-order valence-corrected chi connectivity index (χ1v) is 8.91. The van der Waals surface area contributed by atoms with E-state index in [1.807, 2.05) is 6.07 Å². The lowest BCUT2D eigenvalue weighted by atomic mass is 9.83. The largest absolute Gasteiger partial charge is 0.392 e. The van der Waals surface area contributed by atoms with Gasteiger partial charge in [-0.25, -0.2) is 0 Å². The summed E-state index contributed by atoms with van der Waals surface area (Å²) in [7, 11) is 0. The minimum atomic E-state index is -0.234. The van der Waals surface area contributed by atoms with Crippen molar-refractivity contribution in [3.63, 3.8) is 0 Å². The molecule has 1 atom stereocenters. The Bertz CT molecular complexity index is 546. The Morgan fingerprint density at radius 3 is 2.67 bits per heavy atom. The maximum Gasteiger partial charge on any atom is 0.252 e. The molecule has 0 bridgehead atoms. The minimum absolute atomic E-state index is 0.162. The third-order valence-electron chi connectivity index (χ3n) is 3.89. The number of thiocarbonyl (C=S) groups is 1. The van der Waals surface area contributed by atoms with Crippen LogP contribution < -0.4 is 11.1 Å². The first-order valence-electron chi connectivity index (χ1n) is 7.04. The van der Waals surface area contributed by atoms with Gasteiger partial charge in [0.25, 0.3) is 5.91 Å². The average molecular weight is 437 g/mol. The molecule has 0 saturated heterocycles. The van der Waals surface area contributed by atoms with Gasteiger partial charge >= 0.3 is 0 Å². The number of hydrogen-bond donors (Lipinski definition) is 2. The van der Waals surface area contributed by atoms with Crippen LogP contribution in [0, 0.1) is 9.49 Å². The smallest absolute Gasteiger partial charge is 0.252 e. The van der Waals surface area contributed by atoms with Crippen molar-refractivity contribution in [2.45, 2.75) is 38.1 Å². The van der Waals surface area contributed by atoms with Crippen LogP contribution in [0.1, 0.15) is 42.5 Å². The number of rotatable bonds is 4. The van der Waals surface area contributed by atoms with E-state index in [0.29, 0.717) is 21.5 Å². The Balaban J connectivity index is 2.14. The summed E-state index contributed by atoms with van der Waals surface area (Å²) >= 11 is 13.3. The van der Waals surface area contributed by atoms with Crippen molar-refractivity contribution in [2.24, 2.45) is 11.7 Å². The Morgan fingerprint density at radius 1 is 1.38 bits per heavy atom. The third kappa shape index (κ3) is 4.53. The highest BCUT2D eigenvalue weighted by Gasteiger charge is 2.28. The van der Waals surface area contributed by atoms with E-state index in [-0.39, 0.29) is 11.9 Å². The first-order chi connectivity index (χ1) is 9.99. The lowest BCUT2D eigenvalue weighted by Gasteiger charge is -2.30. The number of carbonyl (C=O) groups excluding carboxylic acids is 1.